The van der Waals surface area contributed by atoms with E-state index in [1.165, 1.54) is 4.88 Å². The van der Waals surface area contributed by atoms with Crippen LogP contribution in [0.4, 0.5) is 0 Å². The predicted molar refractivity (Wildman–Crippen MR) is 86.1 cm³/mol. The number of halogens is 2. The number of ether oxygens (including phenoxy) is 1. The minimum absolute atomic E-state index is 0.523. The van der Waals surface area contributed by atoms with Gasteiger partial charge >= 0.3 is 0 Å². The number of aryl methyl sites for hydroxylation is 1. The van der Waals surface area contributed by atoms with Crippen LogP contribution in [0.25, 0.3) is 0 Å². The van der Waals surface area contributed by atoms with Crippen molar-refractivity contribution in [3.8, 4) is 5.75 Å². The quantitative estimate of drug-likeness (QED) is 0.846. The van der Waals surface area contributed by atoms with Gasteiger partial charge in [0.15, 0.2) is 0 Å². The van der Waals surface area contributed by atoms with Crippen LogP contribution in [0.1, 0.15) is 27.0 Å². The molecule has 106 valence electrons. The fraction of sp³-hybridized carbons (Fsp3) is 0.333. The van der Waals surface area contributed by atoms with Crippen molar-refractivity contribution in [1.29, 1.82) is 0 Å². The van der Waals surface area contributed by atoms with Gasteiger partial charge < -0.3 is 9.84 Å². The van der Waals surface area contributed by atoms with E-state index >= 15 is 0 Å². The molecule has 0 aliphatic carbocycles. The molecule has 2 aromatic rings. The Bertz CT molecular complexity index is 634. The van der Waals surface area contributed by atoms with Crippen molar-refractivity contribution in [3.63, 3.8) is 0 Å². The number of aliphatic hydroxyl groups is 1. The van der Waals surface area contributed by atoms with Gasteiger partial charge in [0.1, 0.15) is 5.75 Å². The fourth-order valence-electron chi connectivity index (χ4n) is 2.45. The van der Waals surface area contributed by atoms with Crippen LogP contribution in [0, 0.1) is 6.92 Å². The third-order valence-corrected chi connectivity index (χ3v) is 5.90. The summed E-state index contributed by atoms with van der Waals surface area (Å²) in [6, 6.07) is 5.83. The molecule has 2 nitrogen and oxygen atoms in total. The van der Waals surface area contributed by atoms with E-state index in [1.54, 1.807) is 11.3 Å². The number of benzene rings is 1. The summed E-state index contributed by atoms with van der Waals surface area (Å²) in [6.07, 6.45) is 0.884. The first kappa shape index (κ1) is 14.4. The van der Waals surface area contributed by atoms with Crippen molar-refractivity contribution in [3.05, 3.63) is 48.6 Å². The summed E-state index contributed by atoms with van der Waals surface area (Å²) < 4.78 is 6.72. The maximum absolute atomic E-state index is 10.4. The lowest BCUT2D eigenvalue weighted by molar-refractivity contribution is 0.181. The molecule has 0 fully saturated rings. The molecule has 1 aromatic heterocycles. The van der Waals surface area contributed by atoms with Crippen molar-refractivity contribution in [2.45, 2.75) is 25.9 Å². The lowest BCUT2D eigenvalue weighted by Gasteiger charge is -2.12. The molecule has 5 heteroatoms. The van der Waals surface area contributed by atoms with Crippen molar-refractivity contribution in [1.82, 2.24) is 0 Å². The molecule has 0 radical (unpaired) electrons. The van der Waals surface area contributed by atoms with E-state index in [2.05, 4.69) is 15.9 Å². The summed E-state index contributed by atoms with van der Waals surface area (Å²) >= 11 is 11.2. The highest BCUT2D eigenvalue weighted by Gasteiger charge is 2.21. The van der Waals surface area contributed by atoms with Gasteiger partial charge in [0.25, 0.3) is 0 Å². The standard InChI is InChI=1S/C15H14BrClO2S/c1-8-12(16)7-14(20-8)13(18)6-10-5-11(17)4-9-2-3-19-15(9)10/h4-5,7,13,18H,2-3,6H2,1H3. The van der Waals surface area contributed by atoms with Crippen molar-refractivity contribution in [2.75, 3.05) is 6.61 Å². The molecule has 1 unspecified atom stereocenters. The van der Waals surface area contributed by atoms with Gasteiger partial charge in [-0.05, 0) is 52.2 Å². The summed E-state index contributed by atoms with van der Waals surface area (Å²) in [4.78, 5) is 2.13. The first-order valence-corrected chi connectivity index (χ1v) is 8.41. The van der Waals surface area contributed by atoms with Crippen LogP contribution in [0.2, 0.25) is 5.02 Å². The Kier molecular flexibility index (Phi) is 4.09. The molecule has 1 aliphatic rings. The van der Waals surface area contributed by atoms with Crippen LogP contribution in [-0.2, 0) is 12.8 Å². The Balaban J connectivity index is 1.88. The highest BCUT2D eigenvalue weighted by molar-refractivity contribution is 9.10. The predicted octanol–water partition coefficient (Wildman–Crippen LogP) is 4.68. The third kappa shape index (κ3) is 2.75. The van der Waals surface area contributed by atoms with Crippen LogP contribution < -0.4 is 4.74 Å². The SMILES string of the molecule is Cc1sc(C(O)Cc2cc(Cl)cc3c2OCC3)cc1Br. The third-order valence-electron chi connectivity index (χ3n) is 3.44. The second kappa shape index (κ2) is 5.68. The molecule has 1 N–H and O–H groups in total. The Morgan fingerprint density at radius 2 is 2.25 bits per heavy atom. The van der Waals surface area contributed by atoms with Gasteiger partial charge in [-0.3, -0.25) is 0 Å². The molecule has 1 atom stereocenters. The van der Waals surface area contributed by atoms with Crippen LogP contribution >= 0.6 is 38.9 Å². The second-order valence-electron chi connectivity index (χ2n) is 4.92. The van der Waals surface area contributed by atoms with Gasteiger partial charge in [0.05, 0.1) is 12.7 Å². The van der Waals surface area contributed by atoms with E-state index in [9.17, 15) is 5.11 Å². The molecule has 0 spiro atoms. The Morgan fingerprint density at radius 1 is 1.45 bits per heavy atom. The monoisotopic (exact) mass is 372 g/mol. The van der Waals surface area contributed by atoms with Gasteiger partial charge in [-0.1, -0.05) is 11.6 Å². The summed E-state index contributed by atoms with van der Waals surface area (Å²) in [6.45, 7) is 2.73. The lowest BCUT2D eigenvalue weighted by Crippen LogP contribution is -2.01. The van der Waals surface area contributed by atoms with Crippen LogP contribution in [-0.4, -0.2) is 11.7 Å². The summed E-state index contributed by atoms with van der Waals surface area (Å²) in [5.74, 6) is 0.904. The minimum atomic E-state index is -0.531. The molecule has 1 aliphatic heterocycles. The molecule has 0 saturated heterocycles. The number of thiophene rings is 1. The average Bonchev–Trinajstić information content (AvgIpc) is 2.97. The molecule has 2 heterocycles. The van der Waals surface area contributed by atoms with Crippen LogP contribution in [0.15, 0.2) is 22.7 Å². The van der Waals surface area contributed by atoms with E-state index in [0.717, 1.165) is 32.6 Å². The molecule has 20 heavy (non-hydrogen) atoms. The first-order chi connectivity index (χ1) is 9.54. The number of rotatable bonds is 3. The second-order valence-corrected chi connectivity index (χ2v) is 7.50. The molecule has 1 aromatic carbocycles. The molecule has 0 bridgehead atoms. The molecular weight excluding hydrogens is 360 g/mol. The van der Waals surface area contributed by atoms with Crippen LogP contribution in [0.3, 0.4) is 0 Å². The fourth-order valence-corrected chi connectivity index (χ4v) is 4.26. The minimum Gasteiger partial charge on any atom is -0.493 e. The van der Waals surface area contributed by atoms with E-state index in [4.69, 9.17) is 16.3 Å². The summed E-state index contributed by atoms with van der Waals surface area (Å²) in [5, 5.41) is 11.1. The largest absolute Gasteiger partial charge is 0.493 e. The number of fused-ring (bicyclic) bond motifs is 1. The van der Waals surface area contributed by atoms with Crippen LogP contribution in [0.5, 0.6) is 5.75 Å². The van der Waals surface area contributed by atoms with Crippen molar-refractivity contribution >= 4 is 38.9 Å². The zero-order valence-electron chi connectivity index (χ0n) is 11.0. The lowest BCUT2D eigenvalue weighted by atomic mass is 10.0. The van der Waals surface area contributed by atoms with Gasteiger partial charge in [0.2, 0.25) is 0 Å². The number of hydrogen-bond acceptors (Lipinski definition) is 3. The maximum atomic E-state index is 10.4. The summed E-state index contributed by atoms with van der Waals surface area (Å²) in [5.41, 5.74) is 2.13. The average molecular weight is 374 g/mol. The molecule has 3 rings (SSSR count). The molecule has 0 amide bonds. The Morgan fingerprint density at radius 3 is 2.95 bits per heavy atom. The highest BCUT2D eigenvalue weighted by atomic mass is 79.9. The van der Waals surface area contributed by atoms with E-state index in [-0.39, 0.29) is 0 Å². The van der Waals surface area contributed by atoms with Gasteiger partial charge in [-0.15, -0.1) is 11.3 Å². The zero-order valence-corrected chi connectivity index (χ0v) is 14.1. The van der Waals surface area contributed by atoms with Gasteiger partial charge in [-0.2, -0.15) is 0 Å². The Labute approximate surface area is 135 Å². The number of hydrogen-bond donors (Lipinski definition) is 1. The topological polar surface area (TPSA) is 29.5 Å². The smallest absolute Gasteiger partial charge is 0.126 e. The van der Waals surface area contributed by atoms with Crippen molar-refractivity contribution < 1.29 is 9.84 Å². The normalized spacial score (nSPS) is 15.0. The molecular formula is C15H14BrClO2S. The van der Waals surface area contributed by atoms with Gasteiger partial charge in [0, 0.05) is 32.1 Å². The molecule has 0 saturated carbocycles. The summed E-state index contributed by atoms with van der Waals surface area (Å²) in [7, 11) is 0. The Hall–Kier alpha value is -0.550. The highest BCUT2D eigenvalue weighted by Crippen LogP contribution is 2.37. The van der Waals surface area contributed by atoms with Gasteiger partial charge in [-0.25, -0.2) is 0 Å². The maximum Gasteiger partial charge on any atom is 0.126 e. The first-order valence-electron chi connectivity index (χ1n) is 6.42. The van der Waals surface area contributed by atoms with E-state index in [1.807, 2.05) is 25.1 Å². The van der Waals surface area contributed by atoms with E-state index < -0.39 is 6.10 Å². The number of aliphatic hydroxyl groups excluding tert-OH is 1. The zero-order chi connectivity index (χ0) is 14.3. The van der Waals surface area contributed by atoms with Crippen molar-refractivity contribution in [2.24, 2.45) is 0 Å². The van der Waals surface area contributed by atoms with E-state index in [0.29, 0.717) is 18.1 Å².